The number of carboxylic acids is 1. The van der Waals surface area contributed by atoms with E-state index in [1.54, 1.807) is 17.8 Å². The highest BCUT2D eigenvalue weighted by molar-refractivity contribution is 6.06. The lowest BCUT2D eigenvalue weighted by atomic mass is 9.93. The van der Waals surface area contributed by atoms with Gasteiger partial charge in [-0.15, -0.1) is 0 Å². The number of anilines is 1. The van der Waals surface area contributed by atoms with Crippen LogP contribution in [0.3, 0.4) is 0 Å². The molecule has 9 heteroatoms. The number of aromatic nitrogens is 4. The van der Waals surface area contributed by atoms with Crippen molar-refractivity contribution < 1.29 is 14.3 Å². The molecule has 1 aliphatic carbocycles. The summed E-state index contributed by atoms with van der Waals surface area (Å²) in [5, 5.41) is 19.1. The molecule has 1 aliphatic rings. The maximum absolute atomic E-state index is 11.4. The number of para-hydroxylation sites is 1. The second-order valence-corrected chi connectivity index (χ2v) is 7.03. The van der Waals surface area contributed by atoms with Gasteiger partial charge in [-0.2, -0.15) is 10.2 Å². The Hall–Kier alpha value is -4.01. The molecule has 30 heavy (non-hydrogen) atoms. The number of aromatic carboxylic acids is 1. The van der Waals surface area contributed by atoms with Gasteiger partial charge >= 0.3 is 5.97 Å². The highest BCUT2D eigenvalue weighted by Crippen LogP contribution is 2.30. The zero-order chi connectivity index (χ0) is 20.7. The summed E-state index contributed by atoms with van der Waals surface area (Å²) >= 11 is 0. The van der Waals surface area contributed by atoms with Crippen molar-refractivity contribution in [2.75, 3.05) is 5.43 Å². The monoisotopic (exact) mass is 402 g/mol. The van der Waals surface area contributed by atoms with Crippen molar-refractivity contribution in [3.8, 4) is 5.69 Å². The van der Waals surface area contributed by atoms with Crippen LogP contribution in [0.15, 0.2) is 52.4 Å². The molecule has 3 aromatic heterocycles. The maximum Gasteiger partial charge on any atom is 0.372 e. The number of benzene rings is 1. The predicted molar refractivity (Wildman–Crippen MR) is 110 cm³/mol. The topological polar surface area (TPSA) is 118 Å². The van der Waals surface area contributed by atoms with E-state index in [9.17, 15) is 9.90 Å². The van der Waals surface area contributed by atoms with Gasteiger partial charge in [-0.1, -0.05) is 18.2 Å². The fourth-order valence-corrected chi connectivity index (χ4v) is 3.80. The second kappa shape index (κ2) is 7.11. The summed E-state index contributed by atoms with van der Waals surface area (Å²) in [4.78, 5) is 20.1. The fourth-order valence-electron chi connectivity index (χ4n) is 3.80. The van der Waals surface area contributed by atoms with Crippen LogP contribution in [0.2, 0.25) is 0 Å². The summed E-state index contributed by atoms with van der Waals surface area (Å²) in [5.41, 5.74) is 6.72. The molecule has 0 aliphatic heterocycles. The number of fused-ring (bicyclic) bond motifs is 2. The van der Waals surface area contributed by atoms with Gasteiger partial charge in [-0.05, 0) is 31.9 Å². The fraction of sp³-hybridized carbons (Fsp3) is 0.190. The van der Waals surface area contributed by atoms with Crippen molar-refractivity contribution in [2.24, 2.45) is 5.10 Å². The largest absolute Gasteiger partial charge is 0.475 e. The zero-order valence-electron chi connectivity index (χ0n) is 16.2. The van der Waals surface area contributed by atoms with E-state index in [1.807, 2.05) is 30.3 Å². The highest BCUT2D eigenvalue weighted by atomic mass is 16.4. The third-order valence-electron chi connectivity index (χ3n) is 5.18. The van der Waals surface area contributed by atoms with Gasteiger partial charge < -0.3 is 9.52 Å². The van der Waals surface area contributed by atoms with Gasteiger partial charge in [0.25, 0.3) is 0 Å². The number of rotatable bonds is 4. The minimum atomic E-state index is -1.07. The lowest BCUT2D eigenvalue weighted by Gasteiger charge is -2.13. The molecule has 0 saturated heterocycles. The van der Waals surface area contributed by atoms with E-state index in [4.69, 9.17) is 4.42 Å². The maximum atomic E-state index is 11.4. The molecule has 1 aromatic carbocycles. The molecule has 9 nitrogen and oxygen atoms in total. The molecule has 0 saturated carbocycles. The number of hydrogen-bond donors (Lipinski definition) is 2. The van der Waals surface area contributed by atoms with Crippen molar-refractivity contribution in [3.05, 3.63) is 65.5 Å². The molecule has 150 valence electrons. The van der Waals surface area contributed by atoms with Crippen LogP contribution in [0.5, 0.6) is 0 Å². The Morgan fingerprint density at radius 3 is 2.87 bits per heavy atom. The normalized spacial score (nSPS) is 14.8. The summed E-state index contributed by atoms with van der Waals surface area (Å²) in [6, 6.07) is 9.72. The minimum absolute atomic E-state index is 0.0248. The Morgan fingerprint density at radius 1 is 1.23 bits per heavy atom. The molecule has 4 aromatic rings. The number of nitrogens with zero attached hydrogens (tertiary/aromatic N) is 5. The summed E-state index contributed by atoms with van der Waals surface area (Å²) in [6.45, 7) is 1.75. The molecular formula is C21H18N6O3. The van der Waals surface area contributed by atoms with Crippen LogP contribution < -0.4 is 5.43 Å². The number of nitrogens with one attached hydrogen (secondary N) is 1. The van der Waals surface area contributed by atoms with Crippen molar-refractivity contribution in [3.63, 3.8) is 0 Å². The van der Waals surface area contributed by atoms with E-state index in [0.29, 0.717) is 29.2 Å². The van der Waals surface area contributed by atoms with Crippen LogP contribution in [-0.4, -0.2) is 36.5 Å². The number of carbonyl (C=O) groups is 1. The van der Waals surface area contributed by atoms with Crippen molar-refractivity contribution >= 4 is 28.5 Å². The van der Waals surface area contributed by atoms with Crippen LogP contribution >= 0.6 is 0 Å². The Bertz CT molecular complexity index is 1290. The Morgan fingerprint density at radius 2 is 2.07 bits per heavy atom. The molecule has 0 spiro atoms. The lowest BCUT2D eigenvalue weighted by Crippen LogP contribution is -2.13. The average Bonchev–Trinajstić information content (AvgIpc) is 3.35. The van der Waals surface area contributed by atoms with Gasteiger partial charge in [-0.25, -0.2) is 19.4 Å². The van der Waals surface area contributed by atoms with Gasteiger partial charge in [0.1, 0.15) is 12.1 Å². The Labute approximate surface area is 171 Å². The lowest BCUT2D eigenvalue weighted by molar-refractivity contribution is 0.0659. The van der Waals surface area contributed by atoms with Gasteiger partial charge in [0.05, 0.1) is 23.0 Å². The third kappa shape index (κ3) is 2.91. The quantitative estimate of drug-likeness (QED) is 0.501. The smallest absolute Gasteiger partial charge is 0.372 e. The first kappa shape index (κ1) is 18.0. The van der Waals surface area contributed by atoms with Crippen LogP contribution in [0, 0.1) is 6.92 Å². The van der Waals surface area contributed by atoms with Crippen LogP contribution in [0.1, 0.15) is 40.3 Å². The standard InChI is InChI=1S/C21H18N6O3/c1-12-17-15(8-5-9-16(17)30-18(12)21(28)29)25-26-19-14-10-24-27(20(14)23-11-22-19)13-6-3-2-4-7-13/h2-4,6-7,10-11H,5,8-9H2,1H3,(H,28,29)(H,22,23,26). The van der Waals surface area contributed by atoms with E-state index < -0.39 is 5.97 Å². The molecule has 0 bridgehead atoms. The first-order valence-electron chi connectivity index (χ1n) is 9.56. The van der Waals surface area contributed by atoms with Crippen molar-refractivity contribution in [1.29, 1.82) is 0 Å². The highest BCUT2D eigenvalue weighted by Gasteiger charge is 2.27. The molecule has 0 radical (unpaired) electrons. The molecule has 0 amide bonds. The van der Waals surface area contributed by atoms with Crippen molar-refractivity contribution in [1.82, 2.24) is 19.7 Å². The van der Waals surface area contributed by atoms with Gasteiger partial charge in [-0.3, -0.25) is 5.43 Å². The van der Waals surface area contributed by atoms with Gasteiger partial charge in [0.2, 0.25) is 5.76 Å². The minimum Gasteiger partial charge on any atom is -0.475 e. The Kier molecular flexibility index (Phi) is 4.27. The third-order valence-corrected chi connectivity index (χ3v) is 5.18. The van der Waals surface area contributed by atoms with E-state index in [1.165, 1.54) is 6.33 Å². The predicted octanol–water partition coefficient (Wildman–Crippen LogP) is 3.57. The summed E-state index contributed by atoms with van der Waals surface area (Å²) in [5.74, 6) is 0.103. The second-order valence-electron chi connectivity index (χ2n) is 7.03. The molecule has 2 N–H and O–H groups in total. The number of hydrogen-bond acceptors (Lipinski definition) is 7. The van der Waals surface area contributed by atoms with E-state index in [-0.39, 0.29) is 5.76 Å². The molecule has 0 unspecified atom stereocenters. The van der Waals surface area contributed by atoms with Crippen LogP contribution in [-0.2, 0) is 6.42 Å². The molecule has 0 atom stereocenters. The Balaban J connectivity index is 1.52. The zero-order valence-corrected chi connectivity index (χ0v) is 16.2. The van der Waals surface area contributed by atoms with Gasteiger partial charge in [0.15, 0.2) is 11.5 Å². The first-order valence-corrected chi connectivity index (χ1v) is 9.56. The summed E-state index contributed by atoms with van der Waals surface area (Å²) in [6.07, 6.45) is 5.42. The van der Waals surface area contributed by atoms with E-state index in [2.05, 4.69) is 25.6 Å². The number of aryl methyl sites for hydroxylation is 1. The summed E-state index contributed by atoms with van der Waals surface area (Å²) < 4.78 is 7.30. The number of carboxylic acid groups (broad SMARTS) is 1. The van der Waals surface area contributed by atoms with Crippen molar-refractivity contribution in [2.45, 2.75) is 26.2 Å². The average molecular weight is 402 g/mol. The SMILES string of the molecule is Cc1c(C(=O)O)oc2c1C(=NNc1ncnc3c1cnn3-c1ccccc1)CCC2. The number of furan rings is 1. The summed E-state index contributed by atoms with van der Waals surface area (Å²) in [7, 11) is 0. The van der Waals surface area contributed by atoms with Crippen LogP contribution in [0.25, 0.3) is 16.7 Å². The first-order chi connectivity index (χ1) is 14.6. The van der Waals surface area contributed by atoms with Gasteiger partial charge in [0, 0.05) is 17.5 Å². The van der Waals surface area contributed by atoms with E-state index in [0.717, 1.165) is 35.2 Å². The molecule has 3 heterocycles. The van der Waals surface area contributed by atoms with Crippen LogP contribution in [0.4, 0.5) is 5.82 Å². The van der Waals surface area contributed by atoms with E-state index >= 15 is 0 Å². The molecule has 0 fully saturated rings. The molecular weight excluding hydrogens is 384 g/mol. The number of hydrazone groups is 1. The molecule has 5 rings (SSSR count).